The number of nitrogens with one attached hydrogen (secondary N) is 4. The molecule has 0 spiro atoms. The van der Waals surface area contributed by atoms with Crippen LogP contribution in [0.2, 0.25) is 0 Å². The standard InChI is InChI=1S/C28H20F2N6O4/c29-28(30)39-23-9-8-20(14-24(23)40-28)34-26(37)21-6-1-2-7-22(21)33-16-18-10-11-32-25(13-18)36-27(38)35-19-5-3-4-17(12-19)15-31/h1-14,33H,16H2,(H,34,37)(H2,32,35,36,38). The Morgan fingerprint density at radius 2 is 1.68 bits per heavy atom. The van der Waals surface area contributed by atoms with E-state index in [9.17, 15) is 18.4 Å². The van der Waals surface area contributed by atoms with Gasteiger partial charge in [-0.15, -0.1) is 8.78 Å². The summed E-state index contributed by atoms with van der Waals surface area (Å²) in [5, 5.41) is 20.2. The summed E-state index contributed by atoms with van der Waals surface area (Å²) in [4.78, 5) is 29.5. The Morgan fingerprint density at radius 3 is 2.52 bits per heavy atom. The molecule has 0 atom stereocenters. The van der Waals surface area contributed by atoms with Crippen molar-refractivity contribution in [1.82, 2.24) is 4.98 Å². The molecule has 0 radical (unpaired) electrons. The fraction of sp³-hybridized carbons (Fsp3) is 0.0714. The minimum absolute atomic E-state index is 0.123. The number of amides is 3. The van der Waals surface area contributed by atoms with Crippen LogP contribution in [0.5, 0.6) is 11.5 Å². The number of ether oxygens (including phenoxy) is 2. The minimum Gasteiger partial charge on any atom is -0.395 e. The van der Waals surface area contributed by atoms with Crippen LogP contribution >= 0.6 is 0 Å². The molecule has 12 heteroatoms. The number of aromatic nitrogens is 1. The van der Waals surface area contributed by atoms with E-state index < -0.39 is 18.2 Å². The van der Waals surface area contributed by atoms with Gasteiger partial charge in [-0.1, -0.05) is 18.2 Å². The first kappa shape index (κ1) is 25.9. The van der Waals surface area contributed by atoms with Crippen molar-refractivity contribution in [2.24, 2.45) is 0 Å². The molecule has 5 rings (SSSR count). The molecule has 1 aliphatic rings. The van der Waals surface area contributed by atoms with Gasteiger partial charge in [0, 0.05) is 35.9 Å². The zero-order valence-corrected chi connectivity index (χ0v) is 20.6. The molecule has 0 aliphatic carbocycles. The Balaban J connectivity index is 1.21. The van der Waals surface area contributed by atoms with Crippen molar-refractivity contribution in [2.45, 2.75) is 12.8 Å². The largest absolute Gasteiger partial charge is 0.586 e. The summed E-state index contributed by atoms with van der Waals surface area (Å²) < 4.78 is 35.4. The fourth-order valence-corrected chi connectivity index (χ4v) is 3.86. The molecule has 3 amide bonds. The quantitative estimate of drug-likeness (QED) is 0.232. The van der Waals surface area contributed by atoms with Gasteiger partial charge in [0.1, 0.15) is 5.82 Å². The fourth-order valence-electron chi connectivity index (χ4n) is 3.86. The molecule has 0 saturated heterocycles. The zero-order valence-electron chi connectivity index (χ0n) is 20.6. The van der Waals surface area contributed by atoms with Crippen molar-refractivity contribution in [3.8, 4) is 17.6 Å². The van der Waals surface area contributed by atoms with E-state index in [1.807, 2.05) is 6.07 Å². The normalized spacial score (nSPS) is 12.6. The Morgan fingerprint density at radius 1 is 0.875 bits per heavy atom. The second kappa shape index (κ2) is 11.0. The van der Waals surface area contributed by atoms with Gasteiger partial charge < -0.3 is 25.4 Å². The summed E-state index contributed by atoms with van der Waals surface area (Å²) in [6.45, 7) is 0.298. The molecule has 3 aromatic carbocycles. The molecule has 200 valence electrons. The lowest BCUT2D eigenvalue weighted by Crippen LogP contribution is -2.25. The number of carbonyl (C=O) groups excluding carboxylic acids is 2. The molecule has 1 aliphatic heterocycles. The molecule has 0 fully saturated rings. The van der Waals surface area contributed by atoms with E-state index in [4.69, 9.17) is 5.26 Å². The minimum atomic E-state index is -3.75. The van der Waals surface area contributed by atoms with Crippen LogP contribution in [0.1, 0.15) is 21.5 Å². The number of halogens is 2. The van der Waals surface area contributed by atoms with Gasteiger partial charge in [0.2, 0.25) is 0 Å². The molecule has 1 aromatic heterocycles. The molecule has 2 heterocycles. The maximum Gasteiger partial charge on any atom is 0.586 e. The van der Waals surface area contributed by atoms with Crippen LogP contribution in [0.3, 0.4) is 0 Å². The van der Waals surface area contributed by atoms with Crippen LogP contribution in [0.25, 0.3) is 0 Å². The van der Waals surface area contributed by atoms with Crippen LogP contribution in [0, 0.1) is 11.3 Å². The van der Waals surface area contributed by atoms with E-state index in [0.29, 0.717) is 34.9 Å². The van der Waals surface area contributed by atoms with Gasteiger partial charge >= 0.3 is 12.3 Å². The van der Waals surface area contributed by atoms with Crippen LogP contribution in [0.15, 0.2) is 85.1 Å². The van der Waals surface area contributed by atoms with Gasteiger partial charge in [-0.3, -0.25) is 10.1 Å². The lowest BCUT2D eigenvalue weighted by Gasteiger charge is -2.13. The monoisotopic (exact) mass is 542 g/mol. The van der Waals surface area contributed by atoms with E-state index in [2.05, 4.69) is 35.7 Å². The first-order chi connectivity index (χ1) is 19.3. The molecule has 0 unspecified atom stereocenters. The summed E-state index contributed by atoms with van der Waals surface area (Å²) in [6.07, 6.45) is -2.22. The number of rotatable bonds is 7. The molecule has 4 N–H and O–H groups in total. The number of hydrogen-bond acceptors (Lipinski definition) is 7. The Labute approximate surface area is 226 Å². The van der Waals surface area contributed by atoms with Gasteiger partial charge in [0.25, 0.3) is 5.91 Å². The third-order valence-corrected chi connectivity index (χ3v) is 5.63. The van der Waals surface area contributed by atoms with Crippen LogP contribution in [-0.2, 0) is 6.54 Å². The van der Waals surface area contributed by atoms with Crippen molar-refractivity contribution in [2.75, 3.05) is 21.3 Å². The number of pyridine rings is 1. The van der Waals surface area contributed by atoms with E-state index in [0.717, 1.165) is 5.56 Å². The number of anilines is 4. The topological polar surface area (TPSA) is 137 Å². The lowest BCUT2D eigenvalue weighted by atomic mass is 10.1. The number of carbonyl (C=O) groups is 2. The second-order valence-corrected chi connectivity index (χ2v) is 8.50. The number of nitriles is 1. The number of benzene rings is 3. The molecular weight excluding hydrogens is 522 g/mol. The molecular formula is C28H20F2N6O4. The first-order valence-corrected chi connectivity index (χ1v) is 11.9. The van der Waals surface area contributed by atoms with E-state index in [1.54, 1.807) is 60.7 Å². The second-order valence-electron chi connectivity index (χ2n) is 8.50. The highest BCUT2D eigenvalue weighted by Crippen LogP contribution is 2.42. The smallest absolute Gasteiger partial charge is 0.395 e. The van der Waals surface area contributed by atoms with Crippen molar-refractivity contribution in [3.05, 3.63) is 102 Å². The van der Waals surface area contributed by atoms with Gasteiger partial charge in [0.05, 0.1) is 17.2 Å². The van der Waals surface area contributed by atoms with Gasteiger partial charge in [-0.25, -0.2) is 9.78 Å². The third-order valence-electron chi connectivity index (χ3n) is 5.63. The number of urea groups is 1. The maximum absolute atomic E-state index is 13.3. The van der Waals surface area contributed by atoms with Gasteiger partial charge in [-0.2, -0.15) is 5.26 Å². The number of fused-ring (bicyclic) bond motifs is 1. The van der Waals surface area contributed by atoms with Crippen molar-refractivity contribution in [3.63, 3.8) is 0 Å². The van der Waals surface area contributed by atoms with Crippen molar-refractivity contribution >= 4 is 34.8 Å². The average molecular weight is 543 g/mol. The first-order valence-electron chi connectivity index (χ1n) is 11.9. The van der Waals surface area contributed by atoms with Crippen molar-refractivity contribution < 1.29 is 27.8 Å². The molecule has 40 heavy (non-hydrogen) atoms. The van der Waals surface area contributed by atoms with Gasteiger partial charge in [-0.05, 0) is 60.2 Å². The summed E-state index contributed by atoms with van der Waals surface area (Å²) in [7, 11) is 0. The number of alkyl halides is 2. The Kier molecular flexibility index (Phi) is 7.10. The van der Waals surface area contributed by atoms with Crippen LogP contribution in [0.4, 0.5) is 36.5 Å². The summed E-state index contributed by atoms with van der Waals surface area (Å²) in [5.41, 5.74) is 2.73. The number of hydrogen-bond donors (Lipinski definition) is 4. The lowest BCUT2D eigenvalue weighted by molar-refractivity contribution is -0.286. The zero-order chi connectivity index (χ0) is 28.1. The number of nitrogens with zero attached hydrogens (tertiary/aromatic N) is 2. The summed E-state index contributed by atoms with van der Waals surface area (Å²) in [6, 6.07) is 22.2. The Bertz CT molecular complexity index is 1640. The summed E-state index contributed by atoms with van der Waals surface area (Å²) in [5.74, 6) is -0.474. The highest BCUT2D eigenvalue weighted by atomic mass is 19.3. The number of para-hydroxylation sites is 1. The molecule has 0 saturated carbocycles. The van der Waals surface area contributed by atoms with Crippen LogP contribution in [-0.4, -0.2) is 23.2 Å². The van der Waals surface area contributed by atoms with Crippen LogP contribution < -0.4 is 30.7 Å². The average Bonchev–Trinajstić information content (AvgIpc) is 3.25. The predicted octanol–water partition coefficient (Wildman–Crippen LogP) is 5.78. The maximum atomic E-state index is 13.3. The molecule has 10 nitrogen and oxygen atoms in total. The van der Waals surface area contributed by atoms with E-state index in [-0.39, 0.29) is 17.2 Å². The van der Waals surface area contributed by atoms with E-state index >= 15 is 0 Å². The predicted molar refractivity (Wildman–Crippen MR) is 142 cm³/mol. The highest BCUT2D eigenvalue weighted by Gasteiger charge is 2.43. The SMILES string of the molecule is N#Cc1cccc(NC(=O)Nc2cc(CNc3ccccc3C(=O)Nc3ccc4c(c3)OC(F)(F)O4)ccn2)c1. The summed E-state index contributed by atoms with van der Waals surface area (Å²) >= 11 is 0. The third kappa shape index (κ3) is 6.22. The van der Waals surface area contributed by atoms with Crippen molar-refractivity contribution in [1.29, 1.82) is 5.26 Å². The molecule has 0 bridgehead atoms. The van der Waals surface area contributed by atoms with Gasteiger partial charge in [0.15, 0.2) is 11.5 Å². The Hall–Kier alpha value is -5.70. The molecule has 4 aromatic rings. The van der Waals surface area contributed by atoms with E-state index in [1.165, 1.54) is 24.4 Å². The highest BCUT2D eigenvalue weighted by molar-refractivity contribution is 6.08.